The number of methoxy groups -OCH3 is 1. The number of carbonyl (C=O) groups is 2. The highest BCUT2D eigenvalue weighted by Crippen LogP contribution is 2.21. The fourth-order valence-electron chi connectivity index (χ4n) is 2.97. The molecule has 1 aliphatic heterocycles. The minimum atomic E-state index is -3.64. The van der Waals surface area contributed by atoms with E-state index in [1.165, 1.54) is 47.8 Å². The number of benzene rings is 2. The lowest BCUT2D eigenvalue weighted by Crippen LogP contribution is -2.50. The zero-order valence-corrected chi connectivity index (χ0v) is 16.1. The SMILES string of the molecule is COc1ccc(S(=O)(=O)N2CCN(C(=O)c3ccc(C(=O)O)cc3)CC2)cc1. The van der Waals surface area contributed by atoms with Crippen LogP contribution in [0.2, 0.25) is 0 Å². The number of piperazine rings is 1. The molecule has 28 heavy (non-hydrogen) atoms. The molecule has 1 saturated heterocycles. The zero-order chi connectivity index (χ0) is 20.3. The summed E-state index contributed by atoms with van der Waals surface area (Å²) in [4.78, 5) is 25.2. The molecule has 1 amide bonds. The van der Waals surface area contributed by atoms with Gasteiger partial charge in [-0.05, 0) is 48.5 Å². The molecule has 2 aromatic rings. The molecule has 9 heteroatoms. The maximum atomic E-state index is 12.8. The number of carboxylic acid groups (broad SMARTS) is 1. The molecule has 0 atom stereocenters. The van der Waals surface area contributed by atoms with Crippen molar-refractivity contribution in [1.82, 2.24) is 9.21 Å². The van der Waals surface area contributed by atoms with E-state index in [4.69, 9.17) is 9.84 Å². The van der Waals surface area contributed by atoms with Gasteiger partial charge in [-0.3, -0.25) is 4.79 Å². The number of ether oxygens (including phenoxy) is 1. The second-order valence-corrected chi connectivity index (χ2v) is 8.19. The van der Waals surface area contributed by atoms with Gasteiger partial charge in [0.25, 0.3) is 5.91 Å². The quantitative estimate of drug-likeness (QED) is 0.811. The first kappa shape index (κ1) is 19.8. The fraction of sp³-hybridized carbons (Fsp3) is 0.263. The van der Waals surface area contributed by atoms with Gasteiger partial charge in [-0.25, -0.2) is 13.2 Å². The minimum absolute atomic E-state index is 0.104. The molecule has 0 saturated carbocycles. The predicted octanol–water partition coefficient (Wildman–Crippen LogP) is 1.54. The van der Waals surface area contributed by atoms with Gasteiger partial charge in [0, 0.05) is 31.7 Å². The highest BCUT2D eigenvalue weighted by atomic mass is 32.2. The van der Waals surface area contributed by atoms with Crippen LogP contribution in [0.3, 0.4) is 0 Å². The summed E-state index contributed by atoms with van der Waals surface area (Å²) >= 11 is 0. The lowest BCUT2D eigenvalue weighted by atomic mass is 10.1. The van der Waals surface area contributed by atoms with Crippen LogP contribution in [-0.2, 0) is 10.0 Å². The number of amides is 1. The number of carboxylic acids is 1. The number of hydrogen-bond donors (Lipinski definition) is 1. The molecule has 8 nitrogen and oxygen atoms in total. The number of nitrogens with zero attached hydrogens (tertiary/aromatic N) is 2. The Morgan fingerprint density at radius 1 is 0.893 bits per heavy atom. The molecule has 0 bridgehead atoms. The normalized spacial score (nSPS) is 15.2. The first-order valence-corrected chi connectivity index (χ1v) is 10.0. The van der Waals surface area contributed by atoms with Crippen molar-refractivity contribution in [3.8, 4) is 5.75 Å². The molecule has 1 N–H and O–H groups in total. The Morgan fingerprint density at radius 3 is 1.93 bits per heavy atom. The molecule has 0 aromatic heterocycles. The third-order valence-electron chi connectivity index (χ3n) is 4.60. The molecule has 2 aromatic carbocycles. The summed E-state index contributed by atoms with van der Waals surface area (Å²) in [5.41, 5.74) is 0.475. The van der Waals surface area contributed by atoms with Gasteiger partial charge >= 0.3 is 5.97 Å². The molecule has 1 aliphatic rings. The van der Waals surface area contributed by atoms with Crippen LogP contribution in [0.4, 0.5) is 0 Å². The Kier molecular flexibility index (Phi) is 5.66. The standard InChI is InChI=1S/C19H20N2O6S/c1-27-16-6-8-17(9-7-16)28(25,26)21-12-10-20(11-13-21)18(22)14-2-4-15(5-3-14)19(23)24/h2-9H,10-13H2,1H3,(H,23,24). The average Bonchev–Trinajstić information content (AvgIpc) is 2.73. The number of aromatic carboxylic acids is 1. The van der Waals surface area contributed by atoms with Crippen LogP contribution in [-0.4, -0.2) is 67.9 Å². The van der Waals surface area contributed by atoms with Crippen LogP contribution in [0.25, 0.3) is 0 Å². The molecule has 3 rings (SSSR count). The molecule has 0 unspecified atom stereocenters. The number of hydrogen-bond acceptors (Lipinski definition) is 5. The van der Waals surface area contributed by atoms with Gasteiger partial charge in [0.2, 0.25) is 10.0 Å². The Balaban J connectivity index is 1.66. The highest BCUT2D eigenvalue weighted by Gasteiger charge is 2.30. The van der Waals surface area contributed by atoms with E-state index >= 15 is 0 Å². The molecule has 1 heterocycles. The van der Waals surface area contributed by atoms with E-state index in [0.29, 0.717) is 11.3 Å². The molecule has 0 radical (unpaired) electrons. The third-order valence-corrected chi connectivity index (χ3v) is 6.51. The Morgan fingerprint density at radius 2 is 1.43 bits per heavy atom. The zero-order valence-electron chi connectivity index (χ0n) is 15.2. The Bertz CT molecular complexity index is 962. The molecule has 148 valence electrons. The van der Waals surface area contributed by atoms with Crippen LogP contribution < -0.4 is 4.74 Å². The molecular weight excluding hydrogens is 384 g/mol. The molecular formula is C19H20N2O6S. The van der Waals surface area contributed by atoms with Gasteiger partial charge in [-0.15, -0.1) is 0 Å². The van der Waals surface area contributed by atoms with Crippen LogP contribution >= 0.6 is 0 Å². The summed E-state index contributed by atoms with van der Waals surface area (Å²) in [7, 11) is -2.13. The lowest BCUT2D eigenvalue weighted by molar-refractivity contribution is 0.0684. The average molecular weight is 404 g/mol. The summed E-state index contributed by atoms with van der Waals surface area (Å²) in [6.07, 6.45) is 0. The van der Waals surface area contributed by atoms with Crippen LogP contribution in [0.5, 0.6) is 5.75 Å². The van der Waals surface area contributed by atoms with Crippen molar-refractivity contribution in [2.75, 3.05) is 33.3 Å². The third kappa shape index (κ3) is 4.00. The highest BCUT2D eigenvalue weighted by molar-refractivity contribution is 7.89. The van der Waals surface area contributed by atoms with E-state index in [-0.39, 0.29) is 42.5 Å². The summed E-state index contributed by atoms with van der Waals surface area (Å²) in [5.74, 6) is -0.738. The van der Waals surface area contributed by atoms with E-state index < -0.39 is 16.0 Å². The molecule has 0 spiro atoms. The van der Waals surface area contributed by atoms with Gasteiger partial charge < -0.3 is 14.7 Å². The Labute approximate surface area is 163 Å². The monoisotopic (exact) mass is 404 g/mol. The van der Waals surface area contributed by atoms with Crippen molar-refractivity contribution in [3.63, 3.8) is 0 Å². The number of sulfonamides is 1. The van der Waals surface area contributed by atoms with Crippen molar-refractivity contribution in [2.24, 2.45) is 0 Å². The molecule has 1 fully saturated rings. The fourth-order valence-corrected chi connectivity index (χ4v) is 4.39. The second kappa shape index (κ2) is 7.99. The Hall–Kier alpha value is -2.91. The maximum Gasteiger partial charge on any atom is 0.335 e. The van der Waals surface area contributed by atoms with Crippen LogP contribution in [0.1, 0.15) is 20.7 Å². The van der Waals surface area contributed by atoms with Crippen molar-refractivity contribution in [2.45, 2.75) is 4.90 Å². The first-order valence-electron chi connectivity index (χ1n) is 8.60. The summed E-state index contributed by atoms with van der Waals surface area (Å²) in [6.45, 7) is 0.893. The summed E-state index contributed by atoms with van der Waals surface area (Å²) in [5, 5.41) is 8.93. The first-order chi connectivity index (χ1) is 13.3. The van der Waals surface area contributed by atoms with Crippen LogP contribution in [0, 0.1) is 0 Å². The van der Waals surface area contributed by atoms with E-state index in [0.717, 1.165) is 0 Å². The summed E-state index contributed by atoms with van der Waals surface area (Å²) in [6, 6.07) is 11.9. The maximum absolute atomic E-state index is 12.8. The van der Waals surface area contributed by atoms with E-state index in [2.05, 4.69) is 0 Å². The minimum Gasteiger partial charge on any atom is -0.497 e. The number of carbonyl (C=O) groups excluding carboxylic acids is 1. The van der Waals surface area contributed by atoms with E-state index in [1.807, 2.05) is 0 Å². The van der Waals surface area contributed by atoms with Gasteiger partial charge in [0.15, 0.2) is 0 Å². The van der Waals surface area contributed by atoms with Gasteiger partial charge in [0.1, 0.15) is 5.75 Å². The number of rotatable bonds is 5. The molecule has 0 aliphatic carbocycles. The van der Waals surface area contributed by atoms with Gasteiger partial charge in [-0.1, -0.05) is 0 Å². The van der Waals surface area contributed by atoms with Crippen molar-refractivity contribution in [1.29, 1.82) is 0 Å². The topological polar surface area (TPSA) is 104 Å². The second-order valence-electron chi connectivity index (χ2n) is 6.25. The van der Waals surface area contributed by atoms with Crippen molar-refractivity contribution in [3.05, 3.63) is 59.7 Å². The van der Waals surface area contributed by atoms with E-state index in [9.17, 15) is 18.0 Å². The van der Waals surface area contributed by atoms with Crippen molar-refractivity contribution < 1.29 is 27.9 Å². The van der Waals surface area contributed by atoms with Crippen molar-refractivity contribution >= 4 is 21.9 Å². The van der Waals surface area contributed by atoms with E-state index in [1.54, 1.807) is 17.0 Å². The lowest BCUT2D eigenvalue weighted by Gasteiger charge is -2.34. The van der Waals surface area contributed by atoms with Crippen LogP contribution in [0.15, 0.2) is 53.4 Å². The largest absolute Gasteiger partial charge is 0.497 e. The summed E-state index contributed by atoms with van der Waals surface area (Å²) < 4.78 is 31.9. The predicted molar refractivity (Wildman–Crippen MR) is 101 cm³/mol. The van der Waals surface area contributed by atoms with Gasteiger partial charge in [0.05, 0.1) is 17.6 Å². The van der Waals surface area contributed by atoms with Gasteiger partial charge in [-0.2, -0.15) is 4.31 Å². The smallest absolute Gasteiger partial charge is 0.335 e.